The Balaban J connectivity index is 1.03. The summed E-state index contributed by atoms with van der Waals surface area (Å²) >= 11 is 0. The van der Waals surface area contributed by atoms with Gasteiger partial charge < -0.3 is 22.9 Å². The molecule has 8 bridgehead atoms. The highest BCUT2D eigenvalue weighted by atomic mass is 31.1. The standard InChI is InChI=1S/C66H45N4O3P/c1-40-37-45-23-12-14-27-49(45)63-64-50-28-15-13-24-46(50)38-41(2)66(64)73-74(72-65(40)63)71-48-26-16-25-47(39-48)62-57-35-33-55(69-57)60(43-19-8-4-9-20-43)53-31-29-51(67-53)59(42-17-6-3-7-18-42)52-30-32-54(68-52)61(44-21-10-5-11-22-44)56-34-36-58(62)70-56/h3-39,67,70H,1-2H3. The van der Waals surface area contributed by atoms with Crippen LogP contribution in [0.25, 0.3) is 134 Å². The van der Waals surface area contributed by atoms with Gasteiger partial charge in [-0.1, -0.05) is 152 Å². The molecule has 352 valence electrons. The average Bonchev–Trinajstić information content (AvgIpc) is 4.29. The van der Waals surface area contributed by atoms with Gasteiger partial charge in [0.05, 0.1) is 22.8 Å². The van der Waals surface area contributed by atoms with E-state index in [2.05, 4.69) is 218 Å². The fourth-order valence-corrected chi connectivity index (χ4v) is 12.1. The predicted octanol–water partition coefficient (Wildman–Crippen LogP) is 18.7. The van der Waals surface area contributed by atoms with Crippen LogP contribution in [0.5, 0.6) is 5.75 Å². The van der Waals surface area contributed by atoms with Crippen molar-refractivity contribution in [2.75, 3.05) is 0 Å². The highest BCUT2D eigenvalue weighted by Gasteiger charge is 2.21. The van der Waals surface area contributed by atoms with Gasteiger partial charge in [-0.05, 0) is 142 Å². The summed E-state index contributed by atoms with van der Waals surface area (Å²) in [6, 6.07) is 69.6. The van der Waals surface area contributed by atoms with Crippen molar-refractivity contribution >= 4 is 98.1 Å². The van der Waals surface area contributed by atoms with Gasteiger partial charge in [0.15, 0.2) is 0 Å². The van der Waals surface area contributed by atoms with Crippen LogP contribution in [0.1, 0.15) is 33.9 Å². The van der Waals surface area contributed by atoms with Crippen molar-refractivity contribution in [3.8, 4) is 50.3 Å². The molecule has 0 fully saturated rings. The molecule has 12 aromatic rings. The normalized spacial score (nSPS) is 12.1. The molecular formula is C66H45N4O3P. The Morgan fingerprint density at radius 1 is 0.378 bits per heavy atom. The van der Waals surface area contributed by atoms with Gasteiger partial charge in [-0.25, -0.2) is 9.97 Å². The SMILES string of the molecule is Cc1cc2ccccc2c2c1op(Oc1cccc(-c3c4nc(c(-c5ccccc5)c5ccc([nH]5)c(-c5ccccc5)c5nc(c(-c6ccccc6)c6ccc3[nH]6)C=C5)C=C4)c1)oc1c(C)cc3ccccc3c12. The number of H-pyrrole nitrogens is 2. The Kier molecular flexibility index (Phi) is 10.4. The Morgan fingerprint density at radius 2 is 0.743 bits per heavy atom. The summed E-state index contributed by atoms with van der Waals surface area (Å²) in [7, 11) is -2.00. The van der Waals surface area contributed by atoms with Crippen LogP contribution < -0.4 is 4.52 Å². The minimum absolute atomic E-state index is 0.597. The zero-order chi connectivity index (χ0) is 49.3. The largest absolute Gasteiger partial charge is 0.453 e. The molecule has 2 N–H and O–H groups in total. The maximum absolute atomic E-state index is 6.99. The predicted molar refractivity (Wildman–Crippen MR) is 307 cm³/mol. The molecule has 0 radical (unpaired) electrons. The van der Waals surface area contributed by atoms with E-state index in [1.54, 1.807) is 0 Å². The van der Waals surface area contributed by atoms with Crippen molar-refractivity contribution in [1.29, 1.82) is 0 Å². The molecular weight excluding hydrogens is 928 g/mol. The number of aromatic nitrogens is 4. The monoisotopic (exact) mass is 972 g/mol. The van der Waals surface area contributed by atoms with Gasteiger partial charge in [0.2, 0.25) is 0 Å². The van der Waals surface area contributed by atoms with Gasteiger partial charge in [0, 0.05) is 55.1 Å². The van der Waals surface area contributed by atoms with E-state index in [0.29, 0.717) is 5.75 Å². The molecule has 74 heavy (non-hydrogen) atoms. The van der Waals surface area contributed by atoms with Gasteiger partial charge in [0.25, 0.3) is 0 Å². The molecule has 4 aromatic heterocycles. The number of rotatable bonds is 6. The number of hydrogen-bond donors (Lipinski definition) is 2. The molecule has 0 saturated carbocycles. The summed E-state index contributed by atoms with van der Waals surface area (Å²) in [5.74, 6) is 0.597. The molecule has 0 aliphatic carbocycles. The van der Waals surface area contributed by atoms with Crippen LogP contribution in [0.15, 0.2) is 209 Å². The molecule has 0 spiro atoms. The summed E-state index contributed by atoms with van der Waals surface area (Å²) in [6.07, 6.45) is 8.50. The van der Waals surface area contributed by atoms with Crippen LogP contribution in [-0.4, -0.2) is 19.9 Å². The summed E-state index contributed by atoms with van der Waals surface area (Å²) in [5, 5.41) is 6.49. The van der Waals surface area contributed by atoms with E-state index in [-0.39, 0.29) is 0 Å². The first-order chi connectivity index (χ1) is 36.5. The van der Waals surface area contributed by atoms with E-state index in [1.807, 2.05) is 30.3 Å². The zero-order valence-electron chi connectivity index (χ0n) is 40.4. The van der Waals surface area contributed by atoms with Gasteiger partial charge in [-0.2, -0.15) is 0 Å². The summed E-state index contributed by atoms with van der Waals surface area (Å²) in [5.41, 5.74) is 18.5. The second-order valence-electron chi connectivity index (χ2n) is 18.9. The van der Waals surface area contributed by atoms with E-state index in [9.17, 15) is 0 Å². The van der Waals surface area contributed by atoms with Crippen molar-refractivity contribution < 1.29 is 12.9 Å². The fraction of sp³-hybridized carbons (Fsp3) is 0.0303. The molecule has 2 aliphatic heterocycles. The van der Waals surface area contributed by atoms with Crippen LogP contribution in [0.4, 0.5) is 0 Å². The third-order valence-corrected chi connectivity index (χ3v) is 15.2. The first-order valence-corrected chi connectivity index (χ1v) is 25.9. The number of aromatic amines is 2. The third-order valence-electron chi connectivity index (χ3n) is 14.2. The van der Waals surface area contributed by atoms with Gasteiger partial charge in [-0.15, -0.1) is 0 Å². The Morgan fingerprint density at radius 3 is 1.16 bits per heavy atom. The number of nitrogens with one attached hydrogen (secondary N) is 2. The number of hydrogen-bond acceptors (Lipinski definition) is 5. The molecule has 14 rings (SSSR count). The summed E-state index contributed by atoms with van der Waals surface area (Å²) in [6.45, 7) is 4.20. The van der Waals surface area contributed by atoms with E-state index in [0.717, 1.165) is 144 Å². The van der Waals surface area contributed by atoms with Gasteiger partial charge in [-0.3, -0.25) is 0 Å². The molecule has 8 aromatic carbocycles. The zero-order valence-corrected chi connectivity index (χ0v) is 41.3. The molecule has 6 heterocycles. The van der Waals surface area contributed by atoms with Crippen LogP contribution >= 0.6 is 8.24 Å². The second-order valence-corrected chi connectivity index (χ2v) is 19.9. The number of benzene rings is 8. The molecule has 0 atom stereocenters. The molecule has 0 amide bonds. The van der Waals surface area contributed by atoms with Crippen molar-refractivity contribution in [3.63, 3.8) is 0 Å². The summed E-state index contributed by atoms with van der Waals surface area (Å²) < 4.78 is 20.9. The second kappa shape index (κ2) is 17.7. The maximum Gasteiger partial charge on any atom is 0.453 e. The molecule has 0 saturated heterocycles. The number of fused-ring (bicyclic) bond motifs is 15. The minimum atomic E-state index is -2.00. The topological polar surface area (TPSA) is 92.9 Å². The molecule has 0 unspecified atom stereocenters. The number of nitrogens with zero attached hydrogens (tertiary/aromatic N) is 2. The minimum Gasteiger partial charge on any atom is -0.391 e. The van der Waals surface area contributed by atoms with E-state index in [4.69, 9.17) is 22.9 Å². The first-order valence-electron chi connectivity index (χ1n) is 24.8. The van der Waals surface area contributed by atoms with Crippen molar-refractivity contribution in [3.05, 3.63) is 234 Å². The molecule has 8 heteroatoms. The maximum atomic E-state index is 6.99. The van der Waals surface area contributed by atoms with Gasteiger partial charge in [0.1, 0.15) is 16.9 Å². The lowest BCUT2D eigenvalue weighted by Gasteiger charge is -2.08. The van der Waals surface area contributed by atoms with E-state index < -0.39 is 8.24 Å². The van der Waals surface area contributed by atoms with Crippen molar-refractivity contribution in [1.82, 2.24) is 19.9 Å². The lowest BCUT2D eigenvalue weighted by Crippen LogP contribution is -1.90. The quantitative estimate of drug-likeness (QED) is 0.173. The smallest absolute Gasteiger partial charge is 0.391 e. The van der Waals surface area contributed by atoms with Crippen molar-refractivity contribution in [2.45, 2.75) is 13.8 Å². The van der Waals surface area contributed by atoms with Crippen LogP contribution in [0.3, 0.4) is 0 Å². The van der Waals surface area contributed by atoms with Crippen LogP contribution in [0.2, 0.25) is 0 Å². The lowest BCUT2D eigenvalue weighted by molar-refractivity contribution is 0.497. The molecule has 2 aliphatic rings. The highest BCUT2D eigenvalue weighted by Crippen LogP contribution is 2.45. The average molecular weight is 973 g/mol. The Labute approximate surface area is 427 Å². The fourth-order valence-electron chi connectivity index (χ4n) is 10.9. The van der Waals surface area contributed by atoms with Crippen LogP contribution in [0, 0.1) is 13.8 Å². The Hall–Kier alpha value is -9.42. The van der Waals surface area contributed by atoms with E-state index >= 15 is 0 Å². The Bertz CT molecular complexity index is 4390. The highest BCUT2D eigenvalue weighted by molar-refractivity contribution is 7.32. The lowest BCUT2D eigenvalue weighted by atomic mass is 9.95. The van der Waals surface area contributed by atoms with Crippen LogP contribution in [-0.2, 0) is 0 Å². The van der Waals surface area contributed by atoms with Crippen molar-refractivity contribution in [2.24, 2.45) is 0 Å². The number of aryl methyl sites for hydroxylation is 2. The summed E-state index contributed by atoms with van der Waals surface area (Å²) in [4.78, 5) is 18.7. The third kappa shape index (κ3) is 7.44. The van der Waals surface area contributed by atoms with Gasteiger partial charge >= 0.3 is 8.24 Å². The molecule has 7 nitrogen and oxygen atoms in total. The first kappa shape index (κ1) is 43.4. The van der Waals surface area contributed by atoms with E-state index in [1.165, 1.54) is 0 Å².